The van der Waals surface area contributed by atoms with Crippen molar-refractivity contribution >= 4 is 33.3 Å². The van der Waals surface area contributed by atoms with Gasteiger partial charge >= 0.3 is 0 Å². The lowest BCUT2D eigenvalue weighted by molar-refractivity contribution is 0.423. The van der Waals surface area contributed by atoms with Crippen molar-refractivity contribution in [3.63, 3.8) is 0 Å². The van der Waals surface area contributed by atoms with Crippen LogP contribution in [0.15, 0.2) is 22.1 Å². The van der Waals surface area contributed by atoms with E-state index in [-0.39, 0.29) is 16.4 Å². The van der Waals surface area contributed by atoms with Crippen molar-refractivity contribution in [3.05, 3.63) is 49.6 Å². The first-order valence-electron chi connectivity index (χ1n) is 11.0. The molecule has 1 aliphatic carbocycles. The number of aryl methyl sites for hydroxylation is 2. The molecule has 0 saturated carbocycles. The van der Waals surface area contributed by atoms with Gasteiger partial charge in [-0.25, -0.2) is 4.98 Å². The van der Waals surface area contributed by atoms with E-state index in [0.29, 0.717) is 16.7 Å². The smallest absolute Gasteiger partial charge is 0.260 e. The maximum atomic E-state index is 12.8. The molecular formula is C25H32N2O2S2. The van der Waals surface area contributed by atoms with Crippen LogP contribution in [-0.4, -0.2) is 15.1 Å². The Morgan fingerprint density at radius 3 is 2.29 bits per heavy atom. The maximum absolute atomic E-state index is 12.8. The van der Waals surface area contributed by atoms with Crippen LogP contribution in [0.1, 0.15) is 81.5 Å². The zero-order valence-corrected chi connectivity index (χ0v) is 20.9. The van der Waals surface area contributed by atoms with Gasteiger partial charge < -0.3 is 10.1 Å². The van der Waals surface area contributed by atoms with Gasteiger partial charge in [0, 0.05) is 10.6 Å². The molecule has 6 heteroatoms. The standard InChI is InChI=1S/C25H32N2O2S2/c1-24(2,3)16-11-14(12-17(20(16)28)25(4,5)6)13-30-23-26-21(29)19-15-9-7-8-10-18(15)31-22(19)27-23/h11-12,28H,7-10,13H2,1-6H3,(H,26,27,29). The summed E-state index contributed by atoms with van der Waals surface area (Å²) < 4.78 is 0. The molecule has 4 rings (SSSR count). The van der Waals surface area contributed by atoms with Gasteiger partial charge in [0.1, 0.15) is 10.6 Å². The summed E-state index contributed by atoms with van der Waals surface area (Å²) >= 11 is 3.24. The van der Waals surface area contributed by atoms with Crippen LogP contribution in [0.5, 0.6) is 5.75 Å². The van der Waals surface area contributed by atoms with Crippen LogP contribution in [0.3, 0.4) is 0 Å². The van der Waals surface area contributed by atoms with Crippen molar-refractivity contribution in [2.45, 2.75) is 89.0 Å². The summed E-state index contributed by atoms with van der Waals surface area (Å²) in [5, 5.41) is 12.4. The number of nitrogens with one attached hydrogen (secondary N) is 1. The van der Waals surface area contributed by atoms with Gasteiger partial charge in [0.05, 0.1) is 5.39 Å². The molecule has 3 aromatic rings. The van der Waals surface area contributed by atoms with E-state index in [4.69, 9.17) is 4.98 Å². The van der Waals surface area contributed by atoms with Gasteiger partial charge in [-0.2, -0.15) is 0 Å². The second-order valence-electron chi connectivity index (χ2n) is 10.6. The van der Waals surface area contributed by atoms with Gasteiger partial charge in [0.2, 0.25) is 0 Å². The van der Waals surface area contributed by atoms with Crippen molar-refractivity contribution < 1.29 is 5.11 Å². The number of thioether (sulfide) groups is 1. The van der Waals surface area contributed by atoms with Crippen LogP contribution >= 0.6 is 23.1 Å². The number of phenolic OH excluding ortho intramolecular Hbond substituents is 1. The first kappa shape index (κ1) is 22.4. The van der Waals surface area contributed by atoms with Crippen LogP contribution in [0.2, 0.25) is 0 Å². The van der Waals surface area contributed by atoms with E-state index < -0.39 is 0 Å². The quantitative estimate of drug-likeness (QED) is 0.351. The largest absolute Gasteiger partial charge is 0.507 e. The number of aromatic amines is 1. The Bertz CT molecular complexity index is 1160. The highest BCUT2D eigenvalue weighted by Gasteiger charge is 2.26. The molecule has 0 fully saturated rings. The average molecular weight is 457 g/mol. The number of hydrogen-bond acceptors (Lipinski definition) is 5. The molecule has 2 aromatic heterocycles. The molecule has 0 spiro atoms. The lowest BCUT2D eigenvalue weighted by atomic mass is 9.78. The Kier molecular flexibility index (Phi) is 5.76. The van der Waals surface area contributed by atoms with E-state index in [1.54, 1.807) is 23.1 Å². The van der Waals surface area contributed by atoms with E-state index >= 15 is 0 Å². The highest BCUT2D eigenvalue weighted by Crippen LogP contribution is 2.41. The van der Waals surface area contributed by atoms with E-state index in [1.807, 2.05) is 0 Å². The average Bonchev–Trinajstić information content (AvgIpc) is 3.04. The number of nitrogens with zero attached hydrogens (tertiary/aromatic N) is 1. The molecule has 2 heterocycles. The van der Waals surface area contributed by atoms with Crippen LogP contribution in [0.25, 0.3) is 10.2 Å². The third-order valence-corrected chi connectivity index (χ3v) is 8.09. The van der Waals surface area contributed by atoms with Gasteiger partial charge in [0.15, 0.2) is 5.16 Å². The summed E-state index contributed by atoms with van der Waals surface area (Å²) in [6, 6.07) is 4.19. The maximum Gasteiger partial charge on any atom is 0.260 e. The minimum absolute atomic E-state index is 0.0108. The first-order chi connectivity index (χ1) is 14.4. The number of fused-ring (bicyclic) bond motifs is 3. The summed E-state index contributed by atoms with van der Waals surface area (Å²) in [7, 11) is 0. The van der Waals surface area contributed by atoms with Gasteiger partial charge in [-0.05, 0) is 58.8 Å². The van der Waals surface area contributed by atoms with Gasteiger partial charge in [0.25, 0.3) is 5.56 Å². The number of aromatic hydroxyl groups is 1. The molecule has 4 nitrogen and oxygen atoms in total. The summed E-state index contributed by atoms with van der Waals surface area (Å²) in [6.07, 6.45) is 4.41. The Morgan fingerprint density at radius 1 is 1.06 bits per heavy atom. The second-order valence-corrected chi connectivity index (χ2v) is 12.6. The Hall–Kier alpha value is -1.79. The fourth-order valence-electron chi connectivity index (χ4n) is 4.29. The van der Waals surface area contributed by atoms with Gasteiger partial charge in [-0.15, -0.1) is 11.3 Å². The Balaban J connectivity index is 1.68. The molecule has 0 atom stereocenters. The molecule has 0 saturated heterocycles. The first-order valence-corrected chi connectivity index (χ1v) is 12.8. The minimum atomic E-state index is -0.160. The monoisotopic (exact) mass is 456 g/mol. The molecule has 1 aliphatic rings. The predicted octanol–water partition coefficient (Wildman–Crippen LogP) is 6.46. The van der Waals surface area contributed by atoms with E-state index in [2.05, 4.69) is 58.7 Å². The molecular weight excluding hydrogens is 424 g/mol. The van der Waals surface area contributed by atoms with Crippen LogP contribution in [0.4, 0.5) is 0 Å². The van der Waals surface area contributed by atoms with Crippen LogP contribution in [-0.2, 0) is 29.4 Å². The lowest BCUT2D eigenvalue weighted by Crippen LogP contribution is -2.17. The van der Waals surface area contributed by atoms with Crippen molar-refractivity contribution in [3.8, 4) is 5.75 Å². The SMILES string of the molecule is CC(C)(C)c1cc(CSc2nc3sc4c(c3c(=O)[nH]2)CCCC4)cc(C(C)(C)C)c1O. The third-order valence-electron chi connectivity index (χ3n) is 5.96. The third kappa shape index (κ3) is 4.42. The topological polar surface area (TPSA) is 66.0 Å². The minimum Gasteiger partial charge on any atom is -0.507 e. The Morgan fingerprint density at radius 2 is 1.68 bits per heavy atom. The normalized spacial score (nSPS) is 14.8. The predicted molar refractivity (Wildman–Crippen MR) is 132 cm³/mol. The number of aromatic nitrogens is 2. The molecule has 0 aliphatic heterocycles. The van der Waals surface area contributed by atoms with Crippen molar-refractivity contribution in [2.75, 3.05) is 0 Å². The molecule has 0 bridgehead atoms. The summed E-state index contributed by atoms with van der Waals surface area (Å²) in [4.78, 5) is 22.8. The number of rotatable bonds is 3. The fourth-order valence-corrected chi connectivity index (χ4v) is 6.40. The Labute approximate surface area is 192 Å². The number of hydrogen-bond donors (Lipinski definition) is 2. The highest BCUT2D eigenvalue weighted by molar-refractivity contribution is 7.98. The van der Waals surface area contributed by atoms with Crippen molar-refractivity contribution in [1.82, 2.24) is 9.97 Å². The molecule has 0 unspecified atom stereocenters. The molecule has 31 heavy (non-hydrogen) atoms. The highest BCUT2D eigenvalue weighted by atomic mass is 32.2. The molecule has 2 N–H and O–H groups in total. The lowest BCUT2D eigenvalue weighted by Gasteiger charge is -2.28. The summed E-state index contributed by atoms with van der Waals surface area (Å²) in [6.45, 7) is 12.7. The van der Waals surface area contributed by atoms with Crippen LogP contribution < -0.4 is 5.56 Å². The number of benzene rings is 1. The molecule has 1 aromatic carbocycles. The number of thiophene rings is 1. The van der Waals surface area contributed by atoms with Gasteiger partial charge in [-0.3, -0.25) is 4.79 Å². The van der Waals surface area contributed by atoms with E-state index in [9.17, 15) is 9.90 Å². The fraction of sp³-hybridized carbons (Fsp3) is 0.520. The van der Waals surface area contributed by atoms with Crippen LogP contribution in [0, 0.1) is 0 Å². The van der Waals surface area contributed by atoms with Crippen molar-refractivity contribution in [2.24, 2.45) is 0 Å². The zero-order valence-electron chi connectivity index (χ0n) is 19.3. The summed E-state index contributed by atoms with van der Waals surface area (Å²) in [5.74, 6) is 1.08. The summed E-state index contributed by atoms with van der Waals surface area (Å²) in [5.41, 5.74) is 3.93. The molecule has 0 amide bonds. The van der Waals surface area contributed by atoms with Gasteiger partial charge in [-0.1, -0.05) is 65.4 Å². The van der Waals surface area contributed by atoms with E-state index in [0.717, 1.165) is 46.2 Å². The van der Waals surface area contributed by atoms with Crippen molar-refractivity contribution in [1.29, 1.82) is 0 Å². The van der Waals surface area contributed by atoms with E-state index in [1.165, 1.54) is 16.9 Å². The molecule has 166 valence electrons. The second kappa shape index (κ2) is 7.96. The molecule has 0 radical (unpaired) electrons. The number of H-pyrrole nitrogens is 1. The zero-order chi connectivity index (χ0) is 22.6. The number of phenols is 1.